The molecule has 2 heteroatoms. The Kier molecular flexibility index (Phi) is 4.16. The summed E-state index contributed by atoms with van der Waals surface area (Å²) in [7, 11) is 0. The summed E-state index contributed by atoms with van der Waals surface area (Å²) in [4.78, 5) is 9.86. The van der Waals surface area contributed by atoms with Crippen molar-refractivity contribution in [1.82, 2.24) is 9.97 Å². The molecule has 0 spiro atoms. The predicted molar refractivity (Wildman–Crippen MR) is 122 cm³/mol. The third kappa shape index (κ3) is 2.99. The van der Waals surface area contributed by atoms with Crippen molar-refractivity contribution in [2.24, 2.45) is 5.92 Å². The lowest BCUT2D eigenvalue weighted by atomic mass is 9.88. The first kappa shape index (κ1) is 17.6. The molecule has 0 aliphatic heterocycles. The summed E-state index contributed by atoms with van der Waals surface area (Å²) in [5, 5.41) is 2.30. The van der Waals surface area contributed by atoms with E-state index in [0.29, 0.717) is 5.92 Å². The Morgan fingerprint density at radius 3 is 2.07 bits per heavy atom. The number of benzene rings is 2. The van der Waals surface area contributed by atoms with E-state index in [1.165, 1.54) is 22.3 Å². The van der Waals surface area contributed by atoms with Crippen LogP contribution in [0.5, 0.6) is 0 Å². The summed E-state index contributed by atoms with van der Waals surface area (Å²) in [5.41, 5.74) is 12.1. The summed E-state index contributed by atoms with van der Waals surface area (Å²) in [6.45, 7) is 6.34. The van der Waals surface area contributed by atoms with E-state index in [2.05, 4.69) is 87.2 Å². The second-order valence-electron chi connectivity index (χ2n) is 7.76. The highest BCUT2D eigenvalue weighted by Crippen LogP contribution is 2.37. The molecule has 0 saturated heterocycles. The van der Waals surface area contributed by atoms with Gasteiger partial charge >= 0.3 is 0 Å². The van der Waals surface area contributed by atoms with E-state index in [4.69, 9.17) is 9.97 Å². The van der Waals surface area contributed by atoms with E-state index in [9.17, 15) is 0 Å². The van der Waals surface area contributed by atoms with Gasteiger partial charge in [0.15, 0.2) is 0 Å². The van der Waals surface area contributed by atoms with Crippen molar-refractivity contribution in [3.05, 3.63) is 95.5 Å². The Morgan fingerprint density at radius 1 is 0.793 bits per heavy atom. The lowest BCUT2D eigenvalue weighted by Gasteiger charge is -2.18. The monoisotopic (exact) mass is 374 g/mol. The van der Waals surface area contributed by atoms with Gasteiger partial charge in [-0.1, -0.05) is 55.5 Å². The van der Waals surface area contributed by atoms with Crippen LogP contribution in [-0.4, -0.2) is 9.97 Å². The Bertz CT molecular complexity index is 1350. The van der Waals surface area contributed by atoms with Crippen molar-refractivity contribution in [2.75, 3.05) is 0 Å². The van der Waals surface area contributed by atoms with Crippen molar-refractivity contribution in [2.45, 2.75) is 20.8 Å². The number of rotatable bonds is 2. The van der Waals surface area contributed by atoms with Crippen LogP contribution in [0.2, 0.25) is 0 Å². The Morgan fingerprint density at radius 2 is 1.41 bits per heavy atom. The van der Waals surface area contributed by atoms with Gasteiger partial charge in [-0.2, -0.15) is 0 Å². The van der Waals surface area contributed by atoms with Crippen LogP contribution < -0.4 is 0 Å². The van der Waals surface area contributed by atoms with E-state index >= 15 is 0 Å². The maximum atomic E-state index is 4.93. The van der Waals surface area contributed by atoms with E-state index in [1.807, 2.05) is 12.1 Å². The minimum absolute atomic E-state index is 0.325. The van der Waals surface area contributed by atoms with Crippen LogP contribution >= 0.6 is 0 Å². The molecular formula is C27H22N2. The topological polar surface area (TPSA) is 25.8 Å². The molecule has 140 valence electrons. The maximum absolute atomic E-state index is 4.93. The zero-order chi connectivity index (χ0) is 20.0. The molecule has 0 amide bonds. The third-order valence-electron chi connectivity index (χ3n) is 5.61. The summed E-state index contributed by atoms with van der Waals surface area (Å²) in [5.74, 6) is 0.325. The SMILES string of the molecule is Cc1cc(C2=CC=C=CC2C)c2ccc3c(-c4ccccc4)cc(C)nc3c2n1. The van der Waals surface area contributed by atoms with Crippen molar-refractivity contribution in [1.29, 1.82) is 0 Å². The second kappa shape index (κ2) is 6.84. The molecule has 1 aliphatic carbocycles. The van der Waals surface area contributed by atoms with Crippen LogP contribution in [0, 0.1) is 19.8 Å². The molecule has 1 unspecified atom stereocenters. The van der Waals surface area contributed by atoms with E-state index < -0.39 is 0 Å². The van der Waals surface area contributed by atoms with E-state index in [0.717, 1.165) is 33.2 Å². The Labute approximate surface area is 171 Å². The lowest BCUT2D eigenvalue weighted by Crippen LogP contribution is -2.01. The first-order valence-electron chi connectivity index (χ1n) is 10.0. The third-order valence-corrected chi connectivity index (χ3v) is 5.61. The van der Waals surface area contributed by atoms with Crippen molar-refractivity contribution in [3.63, 3.8) is 0 Å². The van der Waals surface area contributed by atoms with Crippen LogP contribution in [0.25, 0.3) is 38.5 Å². The van der Waals surface area contributed by atoms with Gasteiger partial charge in [-0.15, -0.1) is 5.73 Å². The van der Waals surface area contributed by atoms with Gasteiger partial charge in [0.05, 0.1) is 11.0 Å². The number of hydrogen-bond acceptors (Lipinski definition) is 2. The van der Waals surface area contributed by atoms with Crippen molar-refractivity contribution >= 4 is 27.4 Å². The first-order chi connectivity index (χ1) is 14.1. The van der Waals surface area contributed by atoms with Gasteiger partial charge in [0.25, 0.3) is 0 Å². The van der Waals surface area contributed by atoms with Crippen LogP contribution in [-0.2, 0) is 0 Å². The molecule has 2 heterocycles. The van der Waals surface area contributed by atoms with Gasteiger partial charge in [-0.3, -0.25) is 9.97 Å². The molecule has 1 aliphatic rings. The molecule has 4 aromatic rings. The highest BCUT2D eigenvalue weighted by atomic mass is 14.8. The van der Waals surface area contributed by atoms with Gasteiger partial charge in [0.1, 0.15) is 0 Å². The molecule has 2 nitrogen and oxygen atoms in total. The average molecular weight is 374 g/mol. The molecule has 0 N–H and O–H groups in total. The lowest BCUT2D eigenvalue weighted by molar-refractivity contribution is 0.962. The highest BCUT2D eigenvalue weighted by molar-refractivity contribution is 6.11. The molecule has 29 heavy (non-hydrogen) atoms. The minimum atomic E-state index is 0.325. The Balaban J connectivity index is 1.86. The normalized spacial score (nSPS) is 15.8. The van der Waals surface area contributed by atoms with Gasteiger partial charge in [-0.05, 0) is 60.4 Å². The van der Waals surface area contributed by atoms with E-state index in [1.54, 1.807) is 0 Å². The molecule has 0 radical (unpaired) electrons. The predicted octanol–water partition coefficient (Wildman–Crippen LogP) is 6.81. The number of pyridine rings is 2. The van der Waals surface area contributed by atoms with Crippen molar-refractivity contribution < 1.29 is 0 Å². The molecular weight excluding hydrogens is 352 g/mol. The molecule has 2 aromatic carbocycles. The van der Waals surface area contributed by atoms with Gasteiger partial charge in [0.2, 0.25) is 0 Å². The van der Waals surface area contributed by atoms with Crippen molar-refractivity contribution in [3.8, 4) is 11.1 Å². The summed E-state index contributed by atoms with van der Waals surface area (Å²) in [6, 6.07) is 19.3. The molecule has 5 rings (SSSR count). The average Bonchev–Trinajstić information content (AvgIpc) is 2.73. The zero-order valence-electron chi connectivity index (χ0n) is 16.9. The Hall–Kier alpha value is -3.48. The smallest absolute Gasteiger partial charge is 0.0974 e. The number of fused-ring (bicyclic) bond motifs is 3. The summed E-state index contributed by atoms with van der Waals surface area (Å²) >= 11 is 0. The molecule has 0 fully saturated rings. The summed E-state index contributed by atoms with van der Waals surface area (Å²) < 4.78 is 0. The fourth-order valence-corrected chi connectivity index (χ4v) is 4.24. The molecule has 0 saturated carbocycles. The fourth-order valence-electron chi connectivity index (χ4n) is 4.24. The number of hydrogen-bond donors (Lipinski definition) is 0. The maximum Gasteiger partial charge on any atom is 0.0974 e. The number of aromatic nitrogens is 2. The quantitative estimate of drug-likeness (QED) is 0.284. The first-order valence-corrected chi connectivity index (χ1v) is 10.0. The van der Waals surface area contributed by atoms with Crippen LogP contribution in [0.4, 0.5) is 0 Å². The van der Waals surface area contributed by atoms with Gasteiger partial charge in [0, 0.05) is 28.1 Å². The minimum Gasteiger partial charge on any atom is -0.251 e. The van der Waals surface area contributed by atoms with Gasteiger partial charge < -0.3 is 0 Å². The van der Waals surface area contributed by atoms with Crippen LogP contribution in [0.1, 0.15) is 23.9 Å². The number of nitrogens with zero attached hydrogens (tertiary/aromatic N) is 2. The number of aryl methyl sites for hydroxylation is 2. The number of allylic oxidation sites excluding steroid dienone is 3. The van der Waals surface area contributed by atoms with E-state index in [-0.39, 0.29) is 0 Å². The summed E-state index contributed by atoms with van der Waals surface area (Å²) in [6.07, 6.45) is 6.28. The molecule has 0 bridgehead atoms. The molecule has 2 aromatic heterocycles. The zero-order valence-corrected chi connectivity index (χ0v) is 16.9. The van der Waals surface area contributed by atoms with Crippen LogP contribution in [0.3, 0.4) is 0 Å². The van der Waals surface area contributed by atoms with Gasteiger partial charge in [-0.25, -0.2) is 0 Å². The van der Waals surface area contributed by atoms with Crippen LogP contribution in [0.15, 0.2) is 78.6 Å². The second-order valence-corrected chi connectivity index (χ2v) is 7.76. The largest absolute Gasteiger partial charge is 0.251 e. The standard InChI is InChI=1S/C27H22N2/c1-17-9-7-8-12-21(17)25-16-19(3)29-27-23(25)14-13-22-24(15-18(2)28-26(22)27)20-10-5-4-6-11-20/h4-6,8-17H,1-3H3. The fraction of sp³-hybridized carbons (Fsp3) is 0.148. The highest BCUT2D eigenvalue weighted by Gasteiger charge is 2.17. The molecule has 1 atom stereocenters.